The van der Waals surface area contributed by atoms with E-state index >= 15 is 0 Å². The van der Waals surface area contributed by atoms with Crippen molar-refractivity contribution in [3.63, 3.8) is 0 Å². The molecule has 1 rings (SSSR count). The Labute approximate surface area is 122 Å². The zero-order valence-corrected chi connectivity index (χ0v) is 12.3. The predicted octanol–water partition coefficient (Wildman–Crippen LogP) is 3.11. The van der Waals surface area contributed by atoms with Gasteiger partial charge >= 0.3 is 12.1 Å². The number of carbonyl (C=O) groups is 2. The smallest absolute Gasteiger partial charge is 0.391 e. The highest BCUT2D eigenvalue weighted by Crippen LogP contribution is 2.40. The van der Waals surface area contributed by atoms with E-state index in [1.165, 1.54) is 6.92 Å². The lowest BCUT2D eigenvalue weighted by atomic mass is 9.80. The van der Waals surface area contributed by atoms with Crippen molar-refractivity contribution >= 4 is 11.9 Å². The summed E-state index contributed by atoms with van der Waals surface area (Å²) in [5.74, 6) is -2.88. The van der Waals surface area contributed by atoms with Crippen LogP contribution in [-0.2, 0) is 9.59 Å². The van der Waals surface area contributed by atoms with E-state index < -0.39 is 29.5 Å². The van der Waals surface area contributed by atoms with Gasteiger partial charge in [0, 0.05) is 6.42 Å². The first-order valence-electron chi connectivity index (χ1n) is 7.19. The first-order chi connectivity index (χ1) is 9.58. The fourth-order valence-electron chi connectivity index (χ4n) is 2.61. The third-order valence-electron chi connectivity index (χ3n) is 4.38. The predicted molar refractivity (Wildman–Crippen MR) is 70.6 cm³/mol. The number of hydrogen-bond donors (Lipinski definition) is 2. The Morgan fingerprint density at radius 1 is 1.19 bits per heavy atom. The first-order valence-corrected chi connectivity index (χ1v) is 7.19. The van der Waals surface area contributed by atoms with Gasteiger partial charge in [-0.3, -0.25) is 4.79 Å². The lowest BCUT2D eigenvalue weighted by Gasteiger charge is -2.30. The van der Waals surface area contributed by atoms with E-state index in [1.807, 2.05) is 0 Å². The Morgan fingerprint density at radius 2 is 1.71 bits per heavy atom. The van der Waals surface area contributed by atoms with E-state index in [1.54, 1.807) is 6.92 Å². The van der Waals surface area contributed by atoms with Crippen molar-refractivity contribution in [2.24, 2.45) is 11.8 Å². The summed E-state index contributed by atoms with van der Waals surface area (Å²) in [5, 5.41) is 11.5. The van der Waals surface area contributed by atoms with E-state index in [4.69, 9.17) is 5.11 Å². The van der Waals surface area contributed by atoms with E-state index in [9.17, 15) is 22.8 Å². The summed E-state index contributed by atoms with van der Waals surface area (Å²) in [5.41, 5.74) is -1.32. The molecule has 1 aliphatic rings. The number of carboxylic acid groups (broad SMARTS) is 1. The highest BCUT2D eigenvalue weighted by atomic mass is 19.4. The van der Waals surface area contributed by atoms with E-state index in [0.717, 1.165) is 0 Å². The average Bonchev–Trinajstić information content (AvgIpc) is 2.37. The zero-order valence-electron chi connectivity index (χ0n) is 12.3. The molecule has 0 aromatic rings. The molecule has 2 N–H and O–H groups in total. The van der Waals surface area contributed by atoms with Gasteiger partial charge in [-0.2, -0.15) is 13.2 Å². The standard InChI is InChI=1S/C14H22F3NO3/c1-3-13(2,12(20)21)18-11(19)8-9-4-6-10(7-5-9)14(15,16)17/h9-10H,3-8H2,1-2H3,(H,18,19)(H,20,21). The molecule has 0 aliphatic heterocycles. The van der Waals surface area contributed by atoms with E-state index in [-0.39, 0.29) is 31.6 Å². The Bertz CT molecular complexity index is 389. The van der Waals surface area contributed by atoms with Gasteiger partial charge in [0.2, 0.25) is 5.91 Å². The molecule has 0 saturated heterocycles. The zero-order chi connectivity index (χ0) is 16.3. The minimum Gasteiger partial charge on any atom is -0.480 e. The number of nitrogens with one attached hydrogen (secondary N) is 1. The fraction of sp³-hybridized carbons (Fsp3) is 0.857. The largest absolute Gasteiger partial charge is 0.480 e. The average molecular weight is 309 g/mol. The number of hydrogen-bond acceptors (Lipinski definition) is 2. The molecule has 0 aromatic heterocycles. The molecule has 21 heavy (non-hydrogen) atoms. The maximum atomic E-state index is 12.5. The van der Waals surface area contributed by atoms with E-state index in [0.29, 0.717) is 12.8 Å². The monoisotopic (exact) mass is 309 g/mol. The Kier molecular flexibility index (Phi) is 5.64. The number of aliphatic carboxylic acids is 1. The van der Waals surface area contributed by atoms with Gasteiger partial charge < -0.3 is 10.4 Å². The van der Waals surface area contributed by atoms with Crippen molar-refractivity contribution in [2.75, 3.05) is 0 Å². The molecular weight excluding hydrogens is 287 g/mol. The first kappa shape index (κ1) is 17.8. The molecule has 1 atom stereocenters. The number of carbonyl (C=O) groups excluding carboxylic acids is 1. The van der Waals surface area contributed by atoms with Gasteiger partial charge in [0.25, 0.3) is 0 Å². The van der Waals surface area contributed by atoms with Gasteiger partial charge in [0.1, 0.15) is 5.54 Å². The summed E-state index contributed by atoms with van der Waals surface area (Å²) in [6.07, 6.45) is -3.02. The lowest BCUT2D eigenvalue weighted by molar-refractivity contribution is -0.184. The fourth-order valence-corrected chi connectivity index (χ4v) is 2.61. The van der Waals surface area contributed by atoms with Crippen molar-refractivity contribution < 1.29 is 27.9 Å². The van der Waals surface area contributed by atoms with Gasteiger partial charge in [-0.25, -0.2) is 4.79 Å². The Morgan fingerprint density at radius 3 is 2.10 bits per heavy atom. The van der Waals surface area contributed by atoms with Crippen LogP contribution in [0.3, 0.4) is 0 Å². The normalized spacial score (nSPS) is 26.0. The van der Waals surface area contributed by atoms with Crippen molar-refractivity contribution in [3.05, 3.63) is 0 Å². The minimum absolute atomic E-state index is 0.0470. The molecule has 4 nitrogen and oxygen atoms in total. The third-order valence-corrected chi connectivity index (χ3v) is 4.38. The molecule has 0 bridgehead atoms. The minimum atomic E-state index is -4.16. The second kappa shape index (κ2) is 6.66. The second-order valence-electron chi connectivity index (χ2n) is 6.00. The van der Waals surface area contributed by atoms with Crippen LogP contribution in [0.2, 0.25) is 0 Å². The Hall–Kier alpha value is -1.27. The molecule has 1 fully saturated rings. The van der Waals surface area contributed by atoms with Crippen LogP contribution in [-0.4, -0.2) is 28.7 Å². The molecule has 0 aromatic carbocycles. The van der Waals surface area contributed by atoms with Crippen LogP contribution in [0, 0.1) is 11.8 Å². The van der Waals surface area contributed by atoms with Crippen LogP contribution in [0.1, 0.15) is 52.4 Å². The molecule has 0 heterocycles. The summed E-state index contributed by atoms with van der Waals surface area (Å²) in [6.45, 7) is 3.08. The van der Waals surface area contributed by atoms with Crippen LogP contribution in [0.15, 0.2) is 0 Å². The van der Waals surface area contributed by atoms with Crippen LogP contribution in [0.25, 0.3) is 0 Å². The van der Waals surface area contributed by atoms with Crippen molar-refractivity contribution in [3.8, 4) is 0 Å². The van der Waals surface area contributed by atoms with Crippen molar-refractivity contribution in [1.29, 1.82) is 0 Å². The number of rotatable bonds is 5. The number of alkyl halides is 3. The van der Waals surface area contributed by atoms with Gasteiger partial charge in [-0.1, -0.05) is 6.92 Å². The highest BCUT2D eigenvalue weighted by molar-refractivity contribution is 5.86. The highest BCUT2D eigenvalue weighted by Gasteiger charge is 2.42. The molecule has 1 saturated carbocycles. The van der Waals surface area contributed by atoms with E-state index in [2.05, 4.69) is 5.32 Å². The summed E-state index contributed by atoms with van der Waals surface area (Å²) in [6, 6.07) is 0. The van der Waals surface area contributed by atoms with Gasteiger partial charge in [-0.05, 0) is 44.9 Å². The van der Waals surface area contributed by atoms with Crippen LogP contribution in [0.5, 0.6) is 0 Å². The summed E-state index contributed by atoms with van der Waals surface area (Å²) < 4.78 is 37.6. The maximum Gasteiger partial charge on any atom is 0.391 e. The SMILES string of the molecule is CCC(C)(NC(=O)CC1CCC(C(F)(F)F)CC1)C(=O)O. The number of amides is 1. The van der Waals surface area contributed by atoms with Gasteiger partial charge in [0.05, 0.1) is 5.92 Å². The third kappa shape index (κ3) is 4.89. The van der Waals surface area contributed by atoms with Crippen LogP contribution in [0.4, 0.5) is 13.2 Å². The molecule has 122 valence electrons. The quantitative estimate of drug-likeness (QED) is 0.820. The molecule has 1 aliphatic carbocycles. The molecule has 7 heteroatoms. The molecule has 0 spiro atoms. The van der Waals surface area contributed by atoms with Crippen LogP contribution < -0.4 is 5.32 Å². The van der Waals surface area contributed by atoms with Crippen molar-refractivity contribution in [1.82, 2.24) is 5.32 Å². The van der Waals surface area contributed by atoms with Crippen LogP contribution >= 0.6 is 0 Å². The maximum absolute atomic E-state index is 12.5. The molecule has 0 radical (unpaired) electrons. The van der Waals surface area contributed by atoms with Crippen molar-refractivity contribution in [2.45, 2.75) is 64.1 Å². The molecule has 1 amide bonds. The molecular formula is C14H22F3NO3. The molecule has 1 unspecified atom stereocenters. The summed E-state index contributed by atoms with van der Waals surface area (Å²) in [7, 11) is 0. The number of carboxylic acids is 1. The Balaban J connectivity index is 2.46. The summed E-state index contributed by atoms with van der Waals surface area (Å²) in [4.78, 5) is 23.0. The number of halogens is 3. The lowest BCUT2D eigenvalue weighted by Crippen LogP contribution is -2.52. The summed E-state index contributed by atoms with van der Waals surface area (Å²) >= 11 is 0. The topological polar surface area (TPSA) is 66.4 Å². The van der Waals surface area contributed by atoms with Gasteiger partial charge in [0.15, 0.2) is 0 Å². The second-order valence-corrected chi connectivity index (χ2v) is 6.00. The van der Waals surface area contributed by atoms with Gasteiger partial charge in [-0.15, -0.1) is 0 Å².